The summed E-state index contributed by atoms with van der Waals surface area (Å²) in [5.74, 6) is -0.986. The lowest BCUT2D eigenvalue weighted by Crippen LogP contribution is -2.46. The Bertz CT molecular complexity index is 460. The molecule has 1 aliphatic heterocycles. The molecule has 0 aliphatic carbocycles. The first-order valence-corrected chi connectivity index (χ1v) is 7.87. The second kappa shape index (κ2) is 7.55. The van der Waals surface area contributed by atoms with Gasteiger partial charge in [-0.3, -0.25) is 9.69 Å². The van der Waals surface area contributed by atoms with E-state index in [4.69, 9.17) is 0 Å². The van der Waals surface area contributed by atoms with Crippen LogP contribution >= 0.6 is 0 Å². The topological polar surface area (TPSA) is 40.5 Å². The van der Waals surface area contributed by atoms with Crippen LogP contribution in [-0.2, 0) is 4.79 Å². The molecule has 1 aromatic rings. The summed E-state index contributed by atoms with van der Waals surface area (Å²) < 4.78 is 13.1. The van der Waals surface area contributed by atoms with Crippen molar-refractivity contribution in [3.05, 3.63) is 35.6 Å². The van der Waals surface area contributed by atoms with Crippen LogP contribution < -0.4 is 0 Å². The maximum Gasteiger partial charge on any atom is 0.320 e. The number of unbranched alkanes of at least 4 members (excludes halogenated alkanes) is 1. The van der Waals surface area contributed by atoms with Crippen molar-refractivity contribution in [2.75, 3.05) is 6.54 Å². The summed E-state index contributed by atoms with van der Waals surface area (Å²) in [5, 5.41) is 9.47. The van der Waals surface area contributed by atoms with Gasteiger partial charge in [-0.2, -0.15) is 0 Å². The number of hydrogen-bond donors (Lipinski definition) is 1. The fourth-order valence-electron chi connectivity index (χ4n) is 3.20. The Kier molecular flexibility index (Phi) is 5.74. The lowest BCUT2D eigenvalue weighted by molar-refractivity contribution is -0.146. The molecular weight excluding hydrogens is 269 g/mol. The van der Waals surface area contributed by atoms with E-state index in [1.807, 2.05) is 0 Å². The number of nitrogens with zero attached hydrogens (tertiary/aromatic N) is 1. The molecular formula is C17H24FNO2. The normalized spacial score (nSPS) is 21.1. The first kappa shape index (κ1) is 16.0. The summed E-state index contributed by atoms with van der Waals surface area (Å²) in [6.07, 6.45) is 5.75. The van der Waals surface area contributed by atoms with Gasteiger partial charge in [0, 0.05) is 6.04 Å². The third-order valence-electron chi connectivity index (χ3n) is 4.32. The summed E-state index contributed by atoms with van der Waals surface area (Å²) in [7, 11) is 0. The molecule has 1 aromatic carbocycles. The first-order valence-electron chi connectivity index (χ1n) is 7.87. The Balaban J connectivity index is 2.24. The third-order valence-corrected chi connectivity index (χ3v) is 4.32. The molecule has 1 N–H and O–H groups in total. The van der Waals surface area contributed by atoms with E-state index in [-0.39, 0.29) is 11.9 Å². The van der Waals surface area contributed by atoms with Crippen molar-refractivity contribution in [1.29, 1.82) is 0 Å². The van der Waals surface area contributed by atoms with Crippen LogP contribution in [0.5, 0.6) is 0 Å². The number of rotatable bonds is 6. The minimum atomic E-state index is -0.738. The number of likely N-dealkylation sites (tertiary alicyclic amines) is 1. The van der Waals surface area contributed by atoms with E-state index >= 15 is 0 Å². The van der Waals surface area contributed by atoms with E-state index in [0.29, 0.717) is 6.42 Å². The second-order valence-electron chi connectivity index (χ2n) is 5.80. The Morgan fingerprint density at radius 3 is 2.71 bits per heavy atom. The van der Waals surface area contributed by atoms with Gasteiger partial charge in [0.1, 0.15) is 11.9 Å². The molecule has 0 aromatic heterocycles. The number of piperidine rings is 1. The zero-order valence-corrected chi connectivity index (χ0v) is 12.6. The molecule has 2 rings (SSSR count). The standard InChI is InChI=1S/C17H24FNO2/c1-2-3-6-15(13-8-10-14(18)11-9-13)19-12-5-4-7-16(19)17(20)21/h8-11,15-16H,2-7,12H2,1H3,(H,20,21). The number of carboxylic acid groups (broad SMARTS) is 1. The van der Waals surface area contributed by atoms with Gasteiger partial charge in [-0.25, -0.2) is 4.39 Å². The highest BCUT2D eigenvalue weighted by atomic mass is 19.1. The average molecular weight is 293 g/mol. The number of halogens is 1. The Labute approximate surface area is 125 Å². The smallest absolute Gasteiger partial charge is 0.320 e. The van der Waals surface area contributed by atoms with Crippen molar-refractivity contribution in [1.82, 2.24) is 4.90 Å². The molecule has 0 saturated carbocycles. The molecule has 1 aliphatic rings. The van der Waals surface area contributed by atoms with E-state index in [1.54, 1.807) is 12.1 Å². The number of carboxylic acids is 1. The van der Waals surface area contributed by atoms with Crippen molar-refractivity contribution in [2.24, 2.45) is 0 Å². The number of hydrogen-bond acceptors (Lipinski definition) is 2. The molecule has 116 valence electrons. The van der Waals surface area contributed by atoms with E-state index < -0.39 is 12.0 Å². The van der Waals surface area contributed by atoms with Crippen LogP contribution in [0.3, 0.4) is 0 Å². The predicted molar refractivity (Wildman–Crippen MR) is 80.6 cm³/mol. The maximum atomic E-state index is 13.1. The van der Waals surface area contributed by atoms with Crippen molar-refractivity contribution in [3.8, 4) is 0 Å². The Hall–Kier alpha value is -1.42. The summed E-state index contributed by atoms with van der Waals surface area (Å²) in [5.41, 5.74) is 1.03. The van der Waals surface area contributed by atoms with Crippen LogP contribution in [0, 0.1) is 5.82 Å². The fraction of sp³-hybridized carbons (Fsp3) is 0.588. The van der Waals surface area contributed by atoms with Gasteiger partial charge in [-0.1, -0.05) is 38.3 Å². The zero-order valence-electron chi connectivity index (χ0n) is 12.6. The highest BCUT2D eigenvalue weighted by Crippen LogP contribution is 2.32. The molecule has 1 saturated heterocycles. The molecule has 0 bridgehead atoms. The van der Waals surface area contributed by atoms with E-state index in [0.717, 1.165) is 44.2 Å². The van der Waals surface area contributed by atoms with Gasteiger partial charge in [0.2, 0.25) is 0 Å². The summed E-state index contributed by atoms with van der Waals surface area (Å²) in [6, 6.07) is 6.19. The van der Waals surface area contributed by atoms with Crippen molar-refractivity contribution in [2.45, 2.75) is 57.5 Å². The molecule has 2 unspecified atom stereocenters. The van der Waals surface area contributed by atoms with Gasteiger partial charge in [0.05, 0.1) is 0 Å². The van der Waals surface area contributed by atoms with Gasteiger partial charge < -0.3 is 5.11 Å². The van der Waals surface area contributed by atoms with E-state index in [9.17, 15) is 14.3 Å². The van der Waals surface area contributed by atoms with Gasteiger partial charge >= 0.3 is 5.97 Å². The molecule has 1 fully saturated rings. The minimum Gasteiger partial charge on any atom is -0.480 e. The molecule has 3 nitrogen and oxygen atoms in total. The van der Waals surface area contributed by atoms with Gasteiger partial charge in [-0.15, -0.1) is 0 Å². The average Bonchev–Trinajstić information content (AvgIpc) is 2.49. The summed E-state index contributed by atoms with van der Waals surface area (Å²) >= 11 is 0. The summed E-state index contributed by atoms with van der Waals surface area (Å²) in [6.45, 7) is 2.94. The van der Waals surface area contributed by atoms with Crippen LogP contribution in [0.4, 0.5) is 4.39 Å². The minimum absolute atomic E-state index is 0.0759. The Morgan fingerprint density at radius 2 is 2.10 bits per heavy atom. The monoisotopic (exact) mass is 293 g/mol. The largest absolute Gasteiger partial charge is 0.480 e. The van der Waals surface area contributed by atoms with Crippen LogP contribution in [0.1, 0.15) is 57.1 Å². The quantitative estimate of drug-likeness (QED) is 0.862. The molecule has 0 amide bonds. The van der Waals surface area contributed by atoms with Crippen LogP contribution in [0.25, 0.3) is 0 Å². The van der Waals surface area contributed by atoms with Crippen molar-refractivity contribution in [3.63, 3.8) is 0 Å². The SMILES string of the molecule is CCCCC(c1ccc(F)cc1)N1CCCCC1C(=O)O. The zero-order chi connectivity index (χ0) is 15.2. The summed E-state index contributed by atoms with van der Waals surface area (Å²) in [4.78, 5) is 13.6. The lowest BCUT2D eigenvalue weighted by atomic mass is 9.93. The van der Waals surface area contributed by atoms with E-state index in [2.05, 4.69) is 11.8 Å². The van der Waals surface area contributed by atoms with Crippen molar-refractivity contribution < 1.29 is 14.3 Å². The molecule has 0 spiro atoms. The number of benzene rings is 1. The molecule has 0 radical (unpaired) electrons. The number of carbonyl (C=O) groups is 1. The molecule has 21 heavy (non-hydrogen) atoms. The highest BCUT2D eigenvalue weighted by Gasteiger charge is 2.33. The fourth-order valence-corrected chi connectivity index (χ4v) is 3.20. The van der Waals surface area contributed by atoms with E-state index in [1.165, 1.54) is 12.1 Å². The van der Waals surface area contributed by atoms with Crippen LogP contribution in [0.2, 0.25) is 0 Å². The lowest BCUT2D eigenvalue weighted by Gasteiger charge is -2.39. The van der Waals surface area contributed by atoms with Gasteiger partial charge in [0.25, 0.3) is 0 Å². The Morgan fingerprint density at radius 1 is 1.38 bits per heavy atom. The van der Waals surface area contributed by atoms with Gasteiger partial charge in [0.15, 0.2) is 0 Å². The number of aliphatic carboxylic acids is 1. The van der Waals surface area contributed by atoms with Crippen LogP contribution in [-0.4, -0.2) is 28.6 Å². The predicted octanol–water partition coefficient (Wildman–Crippen LogP) is 4.00. The highest BCUT2D eigenvalue weighted by molar-refractivity contribution is 5.73. The maximum absolute atomic E-state index is 13.1. The molecule has 1 heterocycles. The molecule has 2 atom stereocenters. The van der Waals surface area contributed by atoms with Gasteiger partial charge in [-0.05, 0) is 43.5 Å². The van der Waals surface area contributed by atoms with Crippen molar-refractivity contribution >= 4 is 5.97 Å². The first-order chi connectivity index (χ1) is 10.1. The molecule has 4 heteroatoms. The third kappa shape index (κ3) is 4.03. The van der Waals surface area contributed by atoms with Crippen LogP contribution in [0.15, 0.2) is 24.3 Å². The second-order valence-corrected chi connectivity index (χ2v) is 5.80.